The number of carbonyl (C=O) groups is 1. The number of amides is 1. The summed E-state index contributed by atoms with van der Waals surface area (Å²) in [4.78, 5) is 46.5. The summed E-state index contributed by atoms with van der Waals surface area (Å²) in [5.74, 6) is 0.986. The van der Waals surface area contributed by atoms with E-state index in [4.69, 9.17) is 10.2 Å². The number of anilines is 2. The van der Waals surface area contributed by atoms with E-state index in [-0.39, 0.29) is 29.7 Å². The standard InChI is InChI=1S/C23H32N6O4S/c1-5-6-11-29-19(24)18(20(30)26-22(29)32)28(12-9-15(2)3)21(31)17-8-7-16(33-17)14-34-23-25-10-13-27(23)4/h7-8,10,13,15H,5-6,9,11-12,14,24H2,1-4H3,(H,26,30,32). The van der Waals surface area contributed by atoms with E-state index in [2.05, 4.69) is 9.97 Å². The molecule has 34 heavy (non-hydrogen) atoms. The Hall–Kier alpha value is -3.21. The van der Waals surface area contributed by atoms with Crippen molar-refractivity contribution in [1.82, 2.24) is 19.1 Å². The molecule has 3 rings (SSSR count). The molecule has 1 amide bonds. The van der Waals surface area contributed by atoms with Gasteiger partial charge in [0.2, 0.25) is 0 Å². The number of carbonyl (C=O) groups excluding carboxylic acids is 1. The Labute approximate surface area is 202 Å². The van der Waals surface area contributed by atoms with Gasteiger partial charge in [-0.15, -0.1) is 0 Å². The second-order valence-electron chi connectivity index (χ2n) is 8.51. The fraction of sp³-hybridized carbons (Fsp3) is 0.478. The molecule has 0 radical (unpaired) electrons. The van der Waals surface area contributed by atoms with Gasteiger partial charge in [0.05, 0.1) is 5.75 Å². The lowest BCUT2D eigenvalue weighted by atomic mass is 10.1. The molecule has 11 heteroatoms. The Morgan fingerprint density at radius 1 is 1.32 bits per heavy atom. The van der Waals surface area contributed by atoms with Gasteiger partial charge in [-0.2, -0.15) is 0 Å². The molecular formula is C23H32N6O4S. The van der Waals surface area contributed by atoms with Crippen LogP contribution in [0, 0.1) is 5.92 Å². The van der Waals surface area contributed by atoms with Crippen molar-refractivity contribution in [2.24, 2.45) is 13.0 Å². The van der Waals surface area contributed by atoms with Crippen LogP contribution in [0.3, 0.4) is 0 Å². The van der Waals surface area contributed by atoms with Crippen molar-refractivity contribution in [3.05, 3.63) is 56.9 Å². The number of hydrogen-bond acceptors (Lipinski definition) is 7. The normalized spacial score (nSPS) is 11.3. The number of unbranched alkanes of at least 4 members (excludes halogenated alkanes) is 1. The number of nitrogens with one attached hydrogen (secondary N) is 1. The maximum absolute atomic E-state index is 13.5. The first-order chi connectivity index (χ1) is 16.2. The fourth-order valence-corrected chi connectivity index (χ4v) is 4.24. The first-order valence-corrected chi connectivity index (χ1v) is 12.3. The molecule has 10 nitrogen and oxygen atoms in total. The van der Waals surface area contributed by atoms with Crippen LogP contribution in [-0.4, -0.2) is 31.6 Å². The van der Waals surface area contributed by atoms with E-state index in [1.54, 1.807) is 18.3 Å². The van der Waals surface area contributed by atoms with Crippen LogP contribution in [0.1, 0.15) is 56.3 Å². The van der Waals surface area contributed by atoms with Crippen molar-refractivity contribution in [3.8, 4) is 0 Å². The molecule has 0 aliphatic carbocycles. The molecule has 3 heterocycles. The minimum atomic E-state index is -0.690. The highest BCUT2D eigenvalue weighted by molar-refractivity contribution is 7.98. The molecule has 0 unspecified atom stereocenters. The van der Waals surface area contributed by atoms with Crippen molar-refractivity contribution < 1.29 is 9.21 Å². The number of nitrogen functional groups attached to an aromatic ring is 1. The van der Waals surface area contributed by atoms with Crippen LogP contribution in [0.2, 0.25) is 0 Å². The number of rotatable bonds is 11. The Morgan fingerprint density at radius 2 is 2.09 bits per heavy atom. The predicted octanol–water partition coefficient (Wildman–Crippen LogP) is 3.23. The number of imidazole rings is 1. The van der Waals surface area contributed by atoms with E-state index in [0.29, 0.717) is 30.9 Å². The zero-order valence-corrected chi connectivity index (χ0v) is 20.9. The monoisotopic (exact) mass is 488 g/mol. The van der Waals surface area contributed by atoms with Gasteiger partial charge >= 0.3 is 5.69 Å². The van der Waals surface area contributed by atoms with Crippen LogP contribution < -0.4 is 21.9 Å². The van der Waals surface area contributed by atoms with Crippen molar-refractivity contribution in [1.29, 1.82) is 0 Å². The van der Waals surface area contributed by atoms with Gasteiger partial charge in [-0.25, -0.2) is 9.78 Å². The van der Waals surface area contributed by atoms with Crippen molar-refractivity contribution in [2.45, 2.75) is 57.5 Å². The molecule has 0 fully saturated rings. The third-order valence-corrected chi connectivity index (χ3v) is 6.47. The SMILES string of the molecule is CCCCn1c(N)c(N(CCC(C)C)C(=O)c2ccc(CSc3nccn3C)o2)c(=O)[nH]c1=O. The molecule has 3 N–H and O–H groups in total. The van der Waals surface area contributed by atoms with Gasteiger partial charge in [0.25, 0.3) is 11.5 Å². The largest absolute Gasteiger partial charge is 0.455 e. The van der Waals surface area contributed by atoms with Gasteiger partial charge in [0.15, 0.2) is 16.6 Å². The van der Waals surface area contributed by atoms with Gasteiger partial charge < -0.3 is 14.7 Å². The van der Waals surface area contributed by atoms with E-state index < -0.39 is 17.2 Å². The van der Waals surface area contributed by atoms with Crippen molar-refractivity contribution in [2.75, 3.05) is 17.2 Å². The maximum Gasteiger partial charge on any atom is 0.330 e. The zero-order valence-electron chi connectivity index (χ0n) is 20.0. The summed E-state index contributed by atoms with van der Waals surface area (Å²) in [6.07, 6.45) is 5.77. The Morgan fingerprint density at radius 3 is 2.74 bits per heavy atom. The number of nitrogens with two attached hydrogens (primary N) is 1. The van der Waals surface area contributed by atoms with Crippen LogP contribution in [0.4, 0.5) is 11.5 Å². The van der Waals surface area contributed by atoms with Gasteiger partial charge in [-0.3, -0.25) is 24.0 Å². The predicted molar refractivity (Wildman–Crippen MR) is 133 cm³/mol. The second kappa shape index (κ2) is 11.3. The third-order valence-electron chi connectivity index (χ3n) is 5.39. The number of hydrogen-bond donors (Lipinski definition) is 2. The minimum absolute atomic E-state index is 0.0172. The van der Waals surface area contributed by atoms with Gasteiger partial charge in [0, 0.05) is 32.5 Å². The Kier molecular flexibility index (Phi) is 8.43. The molecule has 0 aliphatic heterocycles. The minimum Gasteiger partial charge on any atom is -0.455 e. The van der Waals surface area contributed by atoms with E-state index >= 15 is 0 Å². The average molecular weight is 489 g/mol. The molecule has 0 atom stereocenters. The topological polar surface area (TPSA) is 132 Å². The summed E-state index contributed by atoms with van der Waals surface area (Å²) in [6, 6.07) is 3.33. The highest BCUT2D eigenvalue weighted by atomic mass is 32.2. The molecule has 3 aromatic rings. The summed E-state index contributed by atoms with van der Waals surface area (Å²) in [6.45, 7) is 6.66. The van der Waals surface area contributed by atoms with Gasteiger partial charge in [-0.05, 0) is 30.9 Å². The number of aryl methyl sites for hydroxylation is 1. The molecule has 184 valence electrons. The molecule has 0 aliphatic rings. The molecule has 3 aromatic heterocycles. The highest BCUT2D eigenvalue weighted by Gasteiger charge is 2.27. The number of nitrogens with zero attached hydrogens (tertiary/aromatic N) is 4. The lowest BCUT2D eigenvalue weighted by Crippen LogP contribution is -2.41. The molecule has 0 saturated carbocycles. The number of aromatic nitrogens is 4. The Bertz CT molecular complexity index is 1240. The van der Waals surface area contributed by atoms with Crippen molar-refractivity contribution in [3.63, 3.8) is 0 Å². The summed E-state index contributed by atoms with van der Waals surface area (Å²) in [7, 11) is 1.90. The first-order valence-electron chi connectivity index (χ1n) is 11.4. The number of thioether (sulfide) groups is 1. The molecular weight excluding hydrogens is 456 g/mol. The van der Waals surface area contributed by atoms with Crippen molar-refractivity contribution >= 4 is 29.2 Å². The smallest absolute Gasteiger partial charge is 0.330 e. The van der Waals surface area contributed by atoms with Crippen LogP contribution in [-0.2, 0) is 19.3 Å². The molecule has 0 bridgehead atoms. The third kappa shape index (κ3) is 5.82. The maximum atomic E-state index is 13.5. The average Bonchev–Trinajstić information content (AvgIpc) is 3.42. The molecule has 0 spiro atoms. The zero-order chi connectivity index (χ0) is 24.8. The van der Waals surface area contributed by atoms with E-state index in [9.17, 15) is 14.4 Å². The summed E-state index contributed by atoms with van der Waals surface area (Å²) < 4.78 is 9.03. The lowest BCUT2D eigenvalue weighted by Gasteiger charge is -2.24. The quantitative estimate of drug-likeness (QED) is 0.396. The summed E-state index contributed by atoms with van der Waals surface area (Å²) >= 11 is 1.49. The van der Waals surface area contributed by atoms with Gasteiger partial charge in [0.1, 0.15) is 11.6 Å². The Balaban J connectivity index is 1.92. The fourth-order valence-electron chi connectivity index (χ4n) is 3.41. The van der Waals surface area contributed by atoms with E-state index in [0.717, 1.165) is 11.6 Å². The second-order valence-corrected chi connectivity index (χ2v) is 9.46. The lowest BCUT2D eigenvalue weighted by molar-refractivity contribution is 0.0957. The van der Waals surface area contributed by atoms with Crippen LogP contribution in [0.5, 0.6) is 0 Å². The summed E-state index contributed by atoms with van der Waals surface area (Å²) in [5.41, 5.74) is 4.98. The van der Waals surface area contributed by atoms with Crippen LogP contribution >= 0.6 is 11.8 Å². The number of H-pyrrole nitrogens is 1. The van der Waals surface area contributed by atoms with Gasteiger partial charge in [-0.1, -0.05) is 39.0 Å². The van der Waals surface area contributed by atoms with E-state index in [1.807, 2.05) is 38.6 Å². The van der Waals surface area contributed by atoms with Crippen LogP contribution in [0.25, 0.3) is 0 Å². The number of furan rings is 1. The first kappa shape index (κ1) is 25.4. The van der Waals surface area contributed by atoms with Crippen LogP contribution in [0.15, 0.2) is 43.7 Å². The number of aromatic amines is 1. The molecule has 0 aromatic carbocycles. The summed E-state index contributed by atoms with van der Waals surface area (Å²) in [5, 5.41) is 0.830. The van der Waals surface area contributed by atoms with E-state index in [1.165, 1.54) is 21.2 Å². The highest BCUT2D eigenvalue weighted by Crippen LogP contribution is 2.25. The molecule has 0 saturated heterocycles.